The number of carbonyl (C=O) groups excluding carboxylic acids is 1. The van der Waals surface area contributed by atoms with Crippen molar-refractivity contribution in [1.82, 2.24) is 14.0 Å². The molecule has 1 atom stereocenters. The first kappa shape index (κ1) is 21.7. The number of fused-ring (bicyclic) bond motifs is 2. The zero-order valence-electron chi connectivity index (χ0n) is 19.0. The molecule has 4 heterocycles. The number of benzene rings is 1. The van der Waals surface area contributed by atoms with E-state index < -0.39 is 5.91 Å². The topological polar surface area (TPSA) is 102 Å². The Kier molecular flexibility index (Phi) is 5.56. The normalized spacial score (nSPS) is 16.3. The van der Waals surface area contributed by atoms with Crippen molar-refractivity contribution in [3.05, 3.63) is 86.8 Å². The van der Waals surface area contributed by atoms with Crippen LogP contribution in [0.2, 0.25) is 0 Å². The Bertz CT molecular complexity index is 1600. The van der Waals surface area contributed by atoms with Crippen LogP contribution in [0.15, 0.2) is 58.4 Å². The predicted molar refractivity (Wildman–Crippen MR) is 126 cm³/mol. The van der Waals surface area contributed by atoms with Crippen LogP contribution in [0.1, 0.15) is 39.9 Å². The fraction of sp³-hybridized carbons (Fsp3) is 0.269. The van der Waals surface area contributed by atoms with Crippen LogP contribution in [-0.4, -0.2) is 32.6 Å². The van der Waals surface area contributed by atoms with Crippen LogP contribution in [-0.2, 0) is 11.3 Å². The molecular weight excluding hydrogens is 430 g/mol. The molecule has 34 heavy (non-hydrogen) atoms. The van der Waals surface area contributed by atoms with Gasteiger partial charge in [-0.2, -0.15) is 10.3 Å². The number of rotatable bonds is 3. The number of nitrogens with zero attached hydrogens (tertiary/aromatic N) is 5. The van der Waals surface area contributed by atoms with E-state index in [1.807, 2.05) is 32.0 Å². The molecule has 170 valence electrons. The van der Waals surface area contributed by atoms with Crippen molar-refractivity contribution in [2.24, 2.45) is 4.99 Å². The molecule has 1 aliphatic rings. The molecule has 1 saturated heterocycles. The average Bonchev–Trinajstić information content (AvgIpc) is 3.35. The van der Waals surface area contributed by atoms with E-state index in [2.05, 4.69) is 11.1 Å². The number of hydrogen-bond acceptors (Lipinski definition) is 5. The van der Waals surface area contributed by atoms with E-state index in [1.54, 1.807) is 29.0 Å². The van der Waals surface area contributed by atoms with Gasteiger partial charge >= 0.3 is 0 Å². The van der Waals surface area contributed by atoms with Gasteiger partial charge in [-0.15, -0.1) is 0 Å². The second-order valence-corrected chi connectivity index (χ2v) is 8.56. The van der Waals surface area contributed by atoms with Crippen molar-refractivity contribution in [2.75, 3.05) is 6.61 Å². The summed E-state index contributed by atoms with van der Waals surface area (Å²) in [5.41, 5.74) is 3.21. The molecule has 0 bridgehead atoms. The Balaban J connectivity index is 1.84. The summed E-state index contributed by atoms with van der Waals surface area (Å²) < 4.78 is 9.01. The third-order valence-corrected chi connectivity index (χ3v) is 6.14. The van der Waals surface area contributed by atoms with Gasteiger partial charge < -0.3 is 9.30 Å². The summed E-state index contributed by atoms with van der Waals surface area (Å²) in [5, 5.41) is 10.2. The molecule has 0 saturated carbocycles. The molecule has 1 aliphatic heterocycles. The molecule has 8 heteroatoms. The highest BCUT2D eigenvalue weighted by Gasteiger charge is 2.21. The van der Waals surface area contributed by atoms with Crippen LogP contribution >= 0.6 is 0 Å². The molecule has 8 nitrogen and oxygen atoms in total. The van der Waals surface area contributed by atoms with Crippen LogP contribution in [0.5, 0.6) is 0 Å². The SMILES string of the molecule is Cc1ccc(C(=O)N=c2c(C#N)cc3c(=O)n4cccc(C)c4nc3n2C[C@H]2CCCO2)cc1. The molecule has 0 N–H and O–H groups in total. The lowest BCUT2D eigenvalue weighted by molar-refractivity contribution is 0.0952. The molecule has 1 aromatic carbocycles. The third-order valence-electron chi connectivity index (χ3n) is 6.14. The van der Waals surface area contributed by atoms with Crippen molar-refractivity contribution >= 4 is 22.6 Å². The molecule has 4 aromatic rings. The van der Waals surface area contributed by atoms with Crippen molar-refractivity contribution in [3.8, 4) is 6.07 Å². The number of nitriles is 1. The van der Waals surface area contributed by atoms with Gasteiger partial charge in [-0.1, -0.05) is 23.8 Å². The highest BCUT2D eigenvalue weighted by atomic mass is 16.5. The predicted octanol–water partition coefficient (Wildman–Crippen LogP) is 3.06. The number of carbonyl (C=O) groups is 1. The van der Waals surface area contributed by atoms with Crippen molar-refractivity contribution < 1.29 is 9.53 Å². The summed E-state index contributed by atoms with van der Waals surface area (Å²) in [7, 11) is 0. The minimum atomic E-state index is -0.467. The Labute approximate surface area is 195 Å². The number of pyridine rings is 2. The zero-order chi connectivity index (χ0) is 23.8. The van der Waals surface area contributed by atoms with E-state index in [9.17, 15) is 14.9 Å². The largest absolute Gasteiger partial charge is 0.376 e. The van der Waals surface area contributed by atoms with Crippen LogP contribution < -0.4 is 11.0 Å². The first-order valence-electron chi connectivity index (χ1n) is 11.2. The Morgan fingerprint density at radius 1 is 1.24 bits per heavy atom. The minimum Gasteiger partial charge on any atom is -0.376 e. The lowest BCUT2D eigenvalue weighted by Crippen LogP contribution is -2.33. The third kappa shape index (κ3) is 3.80. The molecule has 0 radical (unpaired) electrons. The smallest absolute Gasteiger partial charge is 0.278 e. The van der Waals surface area contributed by atoms with Gasteiger partial charge in [0.2, 0.25) is 0 Å². The fourth-order valence-electron chi connectivity index (χ4n) is 4.31. The van der Waals surface area contributed by atoms with E-state index in [4.69, 9.17) is 9.72 Å². The van der Waals surface area contributed by atoms with Gasteiger partial charge in [0.1, 0.15) is 17.4 Å². The standard InChI is InChI=1S/C26H23N5O3/c1-16-7-9-18(10-8-16)25(32)29-23-19(14-27)13-21-24(31(23)15-20-6-4-12-34-20)28-22-17(2)5-3-11-30(22)26(21)33/h3,5,7-11,13,20H,4,6,12,15H2,1-2H3/t20-/m1/s1. The molecule has 5 rings (SSSR count). The van der Waals surface area contributed by atoms with Gasteiger partial charge in [0, 0.05) is 18.4 Å². The summed E-state index contributed by atoms with van der Waals surface area (Å²) in [6.45, 7) is 4.80. The Morgan fingerprint density at radius 2 is 2.03 bits per heavy atom. The van der Waals surface area contributed by atoms with Gasteiger partial charge in [0.05, 0.1) is 23.6 Å². The highest BCUT2D eigenvalue weighted by molar-refractivity contribution is 5.95. The molecule has 0 spiro atoms. The summed E-state index contributed by atoms with van der Waals surface area (Å²) in [4.78, 5) is 35.6. The van der Waals surface area contributed by atoms with Gasteiger partial charge in [-0.25, -0.2) is 4.98 Å². The Morgan fingerprint density at radius 3 is 2.74 bits per heavy atom. The van der Waals surface area contributed by atoms with Crippen LogP contribution in [0.4, 0.5) is 0 Å². The quantitative estimate of drug-likeness (QED) is 0.444. The molecule has 3 aromatic heterocycles. The van der Waals surface area contributed by atoms with E-state index in [1.165, 1.54) is 10.5 Å². The number of ether oxygens (including phenoxy) is 1. The van der Waals surface area contributed by atoms with Crippen molar-refractivity contribution in [2.45, 2.75) is 39.3 Å². The number of aromatic nitrogens is 3. The van der Waals surface area contributed by atoms with Crippen molar-refractivity contribution in [1.29, 1.82) is 5.26 Å². The molecule has 1 fully saturated rings. The lowest BCUT2D eigenvalue weighted by atomic mass is 10.1. The lowest BCUT2D eigenvalue weighted by Gasteiger charge is -2.17. The molecular formula is C26H23N5O3. The Hall–Kier alpha value is -4.09. The molecule has 0 unspecified atom stereocenters. The average molecular weight is 454 g/mol. The van der Waals surface area contributed by atoms with Crippen molar-refractivity contribution in [3.63, 3.8) is 0 Å². The summed E-state index contributed by atoms with van der Waals surface area (Å²) in [5.74, 6) is -0.467. The van der Waals surface area contributed by atoms with E-state index in [0.29, 0.717) is 35.4 Å². The highest BCUT2D eigenvalue weighted by Crippen LogP contribution is 2.18. The summed E-state index contributed by atoms with van der Waals surface area (Å²) in [6, 6.07) is 14.4. The van der Waals surface area contributed by atoms with Gasteiger partial charge in [-0.05, 0) is 56.5 Å². The summed E-state index contributed by atoms with van der Waals surface area (Å²) in [6.07, 6.45) is 3.30. The van der Waals surface area contributed by atoms with Crippen LogP contribution in [0.25, 0.3) is 16.7 Å². The number of aryl methyl sites for hydroxylation is 2. The van der Waals surface area contributed by atoms with Gasteiger partial charge in [0.25, 0.3) is 11.5 Å². The first-order chi connectivity index (χ1) is 16.5. The maximum Gasteiger partial charge on any atom is 0.278 e. The second-order valence-electron chi connectivity index (χ2n) is 8.56. The zero-order valence-corrected chi connectivity index (χ0v) is 19.0. The fourth-order valence-corrected chi connectivity index (χ4v) is 4.31. The molecule has 0 aliphatic carbocycles. The number of hydrogen-bond donors (Lipinski definition) is 0. The van der Waals surface area contributed by atoms with E-state index >= 15 is 0 Å². The molecule has 1 amide bonds. The first-order valence-corrected chi connectivity index (χ1v) is 11.2. The van der Waals surface area contributed by atoms with Gasteiger partial charge in [0.15, 0.2) is 5.49 Å². The summed E-state index contributed by atoms with van der Waals surface area (Å²) >= 11 is 0. The van der Waals surface area contributed by atoms with E-state index in [-0.39, 0.29) is 22.7 Å². The van der Waals surface area contributed by atoms with E-state index in [0.717, 1.165) is 24.0 Å². The van der Waals surface area contributed by atoms with Crippen LogP contribution in [0.3, 0.4) is 0 Å². The second kappa shape index (κ2) is 8.69. The minimum absolute atomic E-state index is 0.123. The monoisotopic (exact) mass is 453 g/mol. The number of amides is 1. The van der Waals surface area contributed by atoms with Gasteiger partial charge in [-0.3, -0.25) is 14.0 Å². The maximum atomic E-state index is 13.4. The van der Waals surface area contributed by atoms with Crippen LogP contribution in [0, 0.1) is 25.2 Å². The maximum absolute atomic E-state index is 13.4.